The highest BCUT2D eigenvalue weighted by molar-refractivity contribution is 9.10. The molecule has 182 valence electrons. The van der Waals surface area contributed by atoms with E-state index in [1.165, 1.54) is 12.1 Å². The molecule has 0 bridgehead atoms. The van der Waals surface area contributed by atoms with E-state index in [1.807, 2.05) is 0 Å². The van der Waals surface area contributed by atoms with Crippen LogP contribution in [-0.4, -0.2) is 33.7 Å². The van der Waals surface area contributed by atoms with E-state index in [9.17, 15) is 41.4 Å². The summed E-state index contributed by atoms with van der Waals surface area (Å²) in [5.74, 6) is -6.42. The van der Waals surface area contributed by atoms with Crippen LogP contribution in [0.1, 0.15) is 56.1 Å². The normalized spacial score (nSPS) is 33.1. The van der Waals surface area contributed by atoms with Gasteiger partial charge in [-0.3, -0.25) is 4.79 Å². The number of aliphatic hydroxyl groups excluding tert-OH is 1. The molecule has 3 aliphatic rings. The number of benzene rings is 1. The molecule has 1 aromatic rings. The Morgan fingerprint density at radius 3 is 2.24 bits per heavy atom. The average Bonchev–Trinajstić information content (AvgIpc) is 3.37. The van der Waals surface area contributed by atoms with Gasteiger partial charge in [-0.05, 0) is 95.5 Å². The highest BCUT2D eigenvalue weighted by atomic mass is 79.9. The fourth-order valence-electron chi connectivity index (χ4n) is 5.82. The molecule has 1 aromatic carbocycles. The van der Waals surface area contributed by atoms with Crippen molar-refractivity contribution < 1.29 is 41.4 Å². The van der Waals surface area contributed by atoms with E-state index < -0.39 is 41.8 Å². The molecular weight excluding hydrogens is 518 g/mol. The maximum Gasteiger partial charge on any atom is 0.456 e. The van der Waals surface area contributed by atoms with Gasteiger partial charge in [0.1, 0.15) is 17.2 Å². The van der Waals surface area contributed by atoms with Crippen molar-refractivity contribution in [3.63, 3.8) is 0 Å². The maximum atomic E-state index is 13.8. The molecule has 0 radical (unpaired) electrons. The molecule has 2 saturated carbocycles. The molecule has 0 amide bonds. The van der Waals surface area contributed by atoms with Crippen molar-refractivity contribution in [3.05, 3.63) is 39.3 Å². The lowest BCUT2D eigenvalue weighted by molar-refractivity contribution is -0.347. The summed E-state index contributed by atoms with van der Waals surface area (Å²) in [6, 6.07) is 2.70. The molecule has 3 nitrogen and oxygen atoms in total. The third-order valence-electron chi connectivity index (χ3n) is 7.76. The minimum atomic E-state index is -5.83. The highest BCUT2D eigenvalue weighted by Crippen LogP contribution is 2.67. The first-order chi connectivity index (χ1) is 15.1. The van der Waals surface area contributed by atoms with Gasteiger partial charge in [0.15, 0.2) is 5.78 Å². The second kappa shape index (κ2) is 7.73. The molecule has 0 saturated heterocycles. The topological polar surface area (TPSA) is 57.5 Å². The van der Waals surface area contributed by atoms with Gasteiger partial charge in [0, 0.05) is 12.8 Å². The van der Waals surface area contributed by atoms with Gasteiger partial charge in [0.25, 0.3) is 0 Å². The molecule has 3 aliphatic carbocycles. The van der Waals surface area contributed by atoms with Crippen molar-refractivity contribution in [2.75, 3.05) is 0 Å². The van der Waals surface area contributed by atoms with Crippen molar-refractivity contribution >= 4 is 27.3 Å². The minimum absolute atomic E-state index is 0.00979. The lowest BCUT2D eigenvalue weighted by atomic mass is 9.71. The van der Waals surface area contributed by atoms with Crippen LogP contribution >= 0.6 is 15.9 Å². The first kappa shape index (κ1) is 24.6. The maximum absolute atomic E-state index is 13.8. The van der Waals surface area contributed by atoms with E-state index in [0.717, 1.165) is 0 Å². The number of allylic oxidation sites excluding steroid dienone is 2. The van der Waals surface area contributed by atoms with Crippen molar-refractivity contribution in [3.8, 4) is 0 Å². The van der Waals surface area contributed by atoms with Gasteiger partial charge in [-0.1, -0.05) is 0 Å². The monoisotopic (exact) mass is 540 g/mol. The van der Waals surface area contributed by atoms with Gasteiger partial charge < -0.3 is 10.2 Å². The van der Waals surface area contributed by atoms with Crippen molar-refractivity contribution in [2.24, 2.45) is 17.3 Å². The molecule has 2 fully saturated rings. The number of aliphatic hydroxyl groups is 2. The summed E-state index contributed by atoms with van der Waals surface area (Å²) in [5, 5.41) is 20.8. The number of rotatable bonds is 3. The molecule has 33 heavy (non-hydrogen) atoms. The molecule has 0 heterocycles. The molecule has 2 unspecified atom stereocenters. The summed E-state index contributed by atoms with van der Waals surface area (Å²) in [4.78, 5) is 13.0. The fourth-order valence-corrected chi connectivity index (χ4v) is 6.17. The van der Waals surface area contributed by atoms with Crippen LogP contribution in [0.2, 0.25) is 0 Å². The summed E-state index contributed by atoms with van der Waals surface area (Å²) in [7, 11) is 0. The predicted molar refractivity (Wildman–Crippen MR) is 111 cm³/mol. The van der Waals surface area contributed by atoms with Crippen LogP contribution in [0.25, 0.3) is 5.57 Å². The summed E-state index contributed by atoms with van der Waals surface area (Å²) < 4.78 is 79.8. The number of alkyl halides is 5. The SMILES string of the molecule is Cc1cc(F)c(Br)cc1C1=C(O)CC2(CC1=O)CC2C1CCC(O)(C(F)(F)C(F)(F)F)CC1. The first-order valence-corrected chi connectivity index (χ1v) is 11.5. The summed E-state index contributed by atoms with van der Waals surface area (Å²) in [5.41, 5.74) is -2.63. The van der Waals surface area contributed by atoms with Gasteiger partial charge in [-0.2, -0.15) is 22.0 Å². The van der Waals surface area contributed by atoms with E-state index in [2.05, 4.69) is 15.9 Å². The summed E-state index contributed by atoms with van der Waals surface area (Å²) in [6.45, 7) is 1.63. The van der Waals surface area contributed by atoms with Crippen LogP contribution in [-0.2, 0) is 4.79 Å². The number of hydrogen-bond acceptors (Lipinski definition) is 3. The second-order valence-corrected chi connectivity index (χ2v) is 10.6. The zero-order valence-electron chi connectivity index (χ0n) is 17.7. The van der Waals surface area contributed by atoms with E-state index in [4.69, 9.17) is 0 Å². The number of halogens is 7. The quantitative estimate of drug-likeness (QED) is 0.422. The van der Waals surface area contributed by atoms with Gasteiger partial charge in [-0.25, -0.2) is 4.39 Å². The predicted octanol–water partition coefficient (Wildman–Crippen LogP) is 6.65. The van der Waals surface area contributed by atoms with E-state index >= 15 is 0 Å². The van der Waals surface area contributed by atoms with Crippen molar-refractivity contribution in [1.82, 2.24) is 0 Å². The Bertz CT molecular complexity index is 1030. The first-order valence-electron chi connectivity index (χ1n) is 10.7. The Morgan fingerprint density at radius 2 is 1.70 bits per heavy atom. The largest absolute Gasteiger partial charge is 0.512 e. The molecule has 1 spiro atoms. The highest BCUT2D eigenvalue weighted by Gasteiger charge is 2.70. The summed E-state index contributed by atoms with van der Waals surface area (Å²) in [6.07, 6.45) is -6.35. The minimum Gasteiger partial charge on any atom is -0.512 e. The van der Waals surface area contributed by atoms with Crippen LogP contribution in [0.4, 0.5) is 26.3 Å². The number of carbonyl (C=O) groups is 1. The number of ketones is 1. The Morgan fingerprint density at radius 1 is 1.09 bits per heavy atom. The van der Waals surface area contributed by atoms with Crippen LogP contribution in [0, 0.1) is 30.0 Å². The lowest BCUT2D eigenvalue weighted by Crippen LogP contribution is -2.58. The third-order valence-corrected chi connectivity index (χ3v) is 8.36. The standard InChI is InChI=1S/C23H23BrF6O3/c1-11-6-16(25)15(24)7-13(11)19-17(31)9-20(10-18(19)32)8-14(20)12-2-4-21(33,5-3-12)22(26,27)23(28,29)30/h6-7,12,14,31,33H,2-5,8-10H2,1H3. The van der Waals surface area contributed by atoms with E-state index in [-0.39, 0.29) is 59.1 Å². The van der Waals surface area contributed by atoms with E-state index in [0.29, 0.717) is 17.5 Å². The molecular formula is C23H23BrF6O3. The third kappa shape index (κ3) is 3.90. The van der Waals surface area contributed by atoms with E-state index in [1.54, 1.807) is 6.92 Å². The average molecular weight is 541 g/mol. The van der Waals surface area contributed by atoms with Crippen LogP contribution < -0.4 is 0 Å². The second-order valence-electron chi connectivity index (χ2n) is 9.79. The Labute approximate surface area is 195 Å². The Kier molecular flexibility index (Phi) is 5.76. The van der Waals surface area contributed by atoms with Crippen molar-refractivity contribution in [2.45, 2.75) is 69.6 Å². The Balaban J connectivity index is 1.49. The molecule has 10 heteroatoms. The number of carbonyl (C=O) groups excluding carboxylic acids is 1. The molecule has 0 aliphatic heterocycles. The van der Waals surface area contributed by atoms with Gasteiger partial charge in [0.05, 0.1) is 10.0 Å². The number of Topliss-reactive ketones (excluding diaryl/α,β-unsaturated/α-hetero) is 1. The van der Waals surface area contributed by atoms with Crippen molar-refractivity contribution in [1.29, 1.82) is 0 Å². The smallest absolute Gasteiger partial charge is 0.456 e. The summed E-state index contributed by atoms with van der Waals surface area (Å²) >= 11 is 3.08. The zero-order chi connectivity index (χ0) is 24.6. The van der Waals surface area contributed by atoms with Gasteiger partial charge >= 0.3 is 12.1 Å². The van der Waals surface area contributed by atoms with Gasteiger partial charge in [0.2, 0.25) is 0 Å². The van der Waals surface area contributed by atoms with Crippen LogP contribution in [0.5, 0.6) is 0 Å². The molecule has 4 rings (SSSR count). The lowest BCUT2D eigenvalue weighted by Gasteiger charge is -2.42. The molecule has 2 atom stereocenters. The number of hydrogen-bond donors (Lipinski definition) is 2. The fraction of sp³-hybridized carbons (Fsp3) is 0.609. The van der Waals surface area contributed by atoms with Crippen LogP contribution in [0.3, 0.4) is 0 Å². The zero-order valence-corrected chi connectivity index (χ0v) is 19.3. The Hall–Kier alpha value is -1.55. The molecule has 2 N–H and O–H groups in total. The molecule has 0 aromatic heterocycles. The number of aryl methyl sites for hydroxylation is 1. The van der Waals surface area contributed by atoms with Gasteiger partial charge in [-0.15, -0.1) is 0 Å². The van der Waals surface area contributed by atoms with Crippen LogP contribution in [0.15, 0.2) is 22.4 Å².